The summed E-state index contributed by atoms with van der Waals surface area (Å²) in [5, 5.41) is 8.69. The van der Waals surface area contributed by atoms with Crippen molar-refractivity contribution in [2.45, 2.75) is 31.6 Å². The molecule has 0 radical (unpaired) electrons. The standard InChI is InChI=1S/C29H25NO/c1-2-8-21(9-3-1)30-26-12-6-11-23-27-22-10-5-4-7-19(22)17-25(29(27)31-28(23)26)24-16-18-13-14-20(24)15-18/h1-12,17-18,20,24,30H,13-16H2. The summed E-state index contributed by atoms with van der Waals surface area (Å²) < 4.78 is 6.75. The highest BCUT2D eigenvalue weighted by Crippen LogP contribution is 2.55. The van der Waals surface area contributed by atoms with Crippen LogP contribution in [0.15, 0.2) is 83.3 Å². The Balaban J connectivity index is 1.51. The maximum absolute atomic E-state index is 6.75. The third kappa shape index (κ3) is 2.64. The van der Waals surface area contributed by atoms with Gasteiger partial charge in [-0.1, -0.05) is 61.0 Å². The minimum atomic E-state index is 0.636. The first kappa shape index (κ1) is 17.4. The highest BCUT2D eigenvalue weighted by molar-refractivity contribution is 6.21. The summed E-state index contributed by atoms with van der Waals surface area (Å²) in [7, 11) is 0. The van der Waals surface area contributed by atoms with Crippen molar-refractivity contribution in [3.05, 3.63) is 84.4 Å². The van der Waals surface area contributed by atoms with Crippen molar-refractivity contribution in [1.82, 2.24) is 0 Å². The first-order valence-corrected chi connectivity index (χ1v) is 11.5. The Morgan fingerprint density at radius 3 is 2.42 bits per heavy atom. The second-order valence-electron chi connectivity index (χ2n) is 9.45. The van der Waals surface area contributed by atoms with Crippen LogP contribution in [0.5, 0.6) is 0 Å². The molecule has 3 atom stereocenters. The first-order valence-electron chi connectivity index (χ1n) is 11.5. The number of benzene rings is 4. The van der Waals surface area contributed by atoms with Gasteiger partial charge in [-0.25, -0.2) is 0 Å². The van der Waals surface area contributed by atoms with E-state index in [0.29, 0.717) is 5.92 Å². The summed E-state index contributed by atoms with van der Waals surface area (Å²) in [6.45, 7) is 0. The fraction of sp³-hybridized carbons (Fsp3) is 0.241. The molecular formula is C29H25NO. The van der Waals surface area contributed by atoms with Crippen molar-refractivity contribution in [3.63, 3.8) is 0 Å². The molecule has 2 fully saturated rings. The lowest BCUT2D eigenvalue weighted by Crippen LogP contribution is -2.08. The van der Waals surface area contributed by atoms with E-state index in [0.717, 1.165) is 34.4 Å². The highest BCUT2D eigenvalue weighted by Gasteiger charge is 2.41. The van der Waals surface area contributed by atoms with E-state index in [-0.39, 0.29) is 0 Å². The van der Waals surface area contributed by atoms with Gasteiger partial charge >= 0.3 is 0 Å². The number of para-hydroxylation sites is 2. The third-order valence-electron chi connectivity index (χ3n) is 7.71. The Hall–Kier alpha value is -3.26. The number of hydrogen-bond donors (Lipinski definition) is 1. The van der Waals surface area contributed by atoms with Crippen molar-refractivity contribution < 1.29 is 4.42 Å². The van der Waals surface area contributed by atoms with Crippen molar-refractivity contribution in [1.29, 1.82) is 0 Å². The van der Waals surface area contributed by atoms with Gasteiger partial charge in [-0.05, 0) is 77.6 Å². The molecule has 7 rings (SSSR count). The minimum absolute atomic E-state index is 0.636. The molecule has 2 heteroatoms. The fourth-order valence-corrected chi connectivity index (χ4v) is 6.35. The van der Waals surface area contributed by atoms with Crippen LogP contribution in [0.25, 0.3) is 32.7 Å². The summed E-state index contributed by atoms with van der Waals surface area (Å²) in [4.78, 5) is 0. The molecule has 2 aliphatic rings. The molecule has 0 amide bonds. The molecular weight excluding hydrogens is 378 g/mol. The van der Waals surface area contributed by atoms with Crippen LogP contribution >= 0.6 is 0 Å². The molecule has 1 N–H and O–H groups in total. The van der Waals surface area contributed by atoms with Crippen LogP contribution in [0.1, 0.15) is 37.2 Å². The van der Waals surface area contributed by atoms with E-state index in [1.54, 1.807) is 0 Å². The molecule has 31 heavy (non-hydrogen) atoms. The Morgan fingerprint density at radius 1 is 0.742 bits per heavy atom. The number of furan rings is 1. The van der Waals surface area contributed by atoms with Gasteiger partial charge in [0.1, 0.15) is 5.58 Å². The lowest BCUT2D eigenvalue weighted by atomic mass is 9.82. The largest absolute Gasteiger partial charge is 0.454 e. The second kappa shape index (κ2) is 6.62. The lowest BCUT2D eigenvalue weighted by molar-refractivity contribution is 0.419. The van der Waals surface area contributed by atoms with Crippen LogP contribution < -0.4 is 5.32 Å². The molecule has 2 nitrogen and oxygen atoms in total. The Morgan fingerprint density at radius 2 is 1.58 bits per heavy atom. The molecule has 2 saturated carbocycles. The molecule has 5 aromatic rings. The summed E-state index contributed by atoms with van der Waals surface area (Å²) in [6.07, 6.45) is 5.53. The van der Waals surface area contributed by atoms with Crippen molar-refractivity contribution >= 4 is 44.1 Å². The molecule has 3 unspecified atom stereocenters. The molecule has 0 saturated heterocycles. The number of nitrogens with one attached hydrogen (secondary N) is 1. The van der Waals surface area contributed by atoms with E-state index in [2.05, 4.69) is 78.1 Å². The first-order chi connectivity index (χ1) is 15.3. The molecule has 1 heterocycles. The van der Waals surface area contributed by atoms with Crippen LogP contribution in [0.3, 0.4) is 0 Å². The zero-order valence-electron chi connectivity index (χ0n) is 17.5. The van der Waals surface area contributed by atoms with Crippen LogP contribution in [0, 0.1) is 11.8 Å². The predicted molar refractivity (Wildman–Crippen MR) is 129 cm³/mol. The summed E-state index contributed by atoms with van der Waals surface area (Å²) in [6, 6.07) is 28.1. The topological polar surface area (TPSA) is 25.2 Å². The van der Waals surface area contributed by atoms with Gasteiger partial charge < -0.3 is 9.73 Å². The fourth-order valence-electron chi connectivity index (χ4n) is 6.35. The molecule has 4 aromatic carbocycles. The highest BCUT2D eigenvalue weighted by atomic mass is 16.3. The van der Waals surface area contributed by atoms with Crippen LogP contribution in [-0.2, 0) is 0 Å². The predicted octanol–water partition coefficient (Wildman–Crippen LogP) is 8.39. The number of hydrogen-bond acceptors (Lipinski definition) is 2. The van der Waals surface area contributed by atoms with E-state index in [1.165, 1.54) is 52.8 Å². The molecule has 2 bridgehead atoms. The smallest absolute Gasteiger partial charge is 0.158 e. The van der Waals surface area contributed by atoms with Crippen molar-refractivity contribution in [2.24, 2.45) is 11.8 Å². The molecule has 152 valence electrons. The summed E-state index contributed by atoms with van der Waals surface area (Å²) >= 11 is 0. The van der Waals surface area contributed by atoms with Crippen molar-refractivity contribution in [3.8, 4) is 0 Å². The van der Waals surface area contributed by atoms with Gasteiger partial charge in [0.05, 0.1) is 5.69 Å². The Kier molecular flexibility index (Phi) is 3.72. The van der Waals surface area contributed by atoms with Crippen LogP contribution in [0.4, 0.5) is 11.4 Å². The molecule has 0 spiro atoms. The minimum Gasteiger partial charge on any atom is -0.454 e. The van der Waals surface area contributed by atoms with E-state index >= 15 is 0 Å². The van der Waals surface area contributed by atoms with Crippen molar-refractivity contribution in [2.75, 3.05) is 5.32 Å². The maximum atomic E-state index is 6.75. The second-order valence-corrected chi connectivity index (χ2v) is 9.45. The van der Waals surface area contributed by atoms with Gasteiger partial charge in [0, 0.05) is 16.5 Å². The zero-order chi connectivity index (χ0) is 20.4. The maximum Gasteiger partial charge on any atom is 0.158 e. The SMILES string of the molecule is c1ccc(Nc2cccc3c2oc2c(C4CC5CCC4C5)cc4ccccc4c23)cc1. The van der Waals surface area contributed by atoms with Crippen LogP contribution in [0.2, 0.25) is 0 Å². The molecule has 2 aliphatic carbocycles. The normalized spacial score (nSPS) is 22.6. The van der Waals surface area contributed by atoms with Gasteiger partial charge in [-0.15, -0.1) is 0 Å². The number of anilines is 2. The average Bonchev–Trinajstić information content (AvgIpc) is 3.54. The lowest BCUT2D eigenvalue weighted by Gasteiger charge is -2.22. The molecule has 1 aromatic heterocycles. The van der Waals surface area contributed by atoms with E-state index in [1.807, 2.05) is 6.07 Å². The average molecular weight is 404 g/mol. The third-order valence-corrected chi connectivity index (χ3v) is 7.71. The van der Waals surface area contributed by atoms with E-state index in [9.17, 15) is 0 Å². The van der Waals surface area contributed by atoms with Gasteiger partial charge in [-0.2, -0.15) is 0 Å². The quantitative estimate of drug-likeness (QED) is 0.327. The number of fused-ring (bicyclic) bond motifs is 7. The Labute approximate surface area is 181 Å². The zero-order valence-corrected chi connectivity index (χ0v) is 17.5. The van der Waals surface area contributed by atoms with Gasteiger partial charge in [-0.3, -0.25) is 0 Å². The van der Waals surface area contributed by atoms with Gasteiger partial charge in [0.2, 0.25) is 0 Å². The summed E-state index contributed by atoms with van der Waals surface area (Å²) in [5.74, 6) is 2.37. The van der Waals surface area contributed by atoms with Crippen LogP contribution in [-0.4, -0.2) is 0 Å². The monoisotopic (exact) mass is 403 g/mol. The summed E-state index contributed by atoms with van der Waals surface area (Å²) in [5.41, 5.74) is 5.61. The Bertz CT molecular complexity index is 1430. The molecule has 0 aliphatic heterocycles. The van der Waals surface area contributed by atoms with E-state index < -0.39 is 0 Å². The van der Waals surface area contributed by atoms with Gasteiger partial charge in [0.15, 0.2) is 5.58 Å². The van der Waals surface area contributed by atoms with Gasteiger partial charge in [0.25, 0.3) is 0 Å². The number of rotatable bonds is 3. The van der Waals surface area contributed by atoms with E-state index in [4.69, 9.17) is 4.42 Å².